The second-order valence-electron chi connectivity index (χ2n) is 12.7. The Morgan fingerprint density at radius 2 is 1.59 bits per heavy atom. The lowest BCUT2D eigenvalue weighted by atomic mass is 9.47. The molecule has 7 aliphatic rings. The monoisotopic (exact) mass is 508 g/mol. The zero-order valence-corrected chi connectivity index (χ0v) is 21.6. The number of hydrogen-bond acceptors (Lipinski definition) is 5. The van der Waals surface area contributed by atoms with Crippen molar-refractivity contribution in [2.24, 2.45) is 28.9 Å². The first kappa shape index (κ1) is 23.6. The minimum absolute atomic E-state index is 0.103. The van der Waals surface area contributed by atoms with Crippen LogP contribution in [-0.2, 0) is 9.53 Å². The molecule has 8 heteroatoms. The molecule has 200 valence electrons. The van der Waals surface area contributed by atoms with E-state index in [0.717, 1.165) is 89.8 Å². The van der Waals surface area contributed by atoms with E-state index in [-0.39, 0.29) is 41.6 Å². The number of fused-ring (bicyclic) bond motifs is 2. The molecule has 8 rings (SSSR count). The zero-order chi connectivity index (χ0) is 25.1. The van der Waals surface area contributed by atoms with Gasteiger partial charge in [0, 0.05) is 55.2 Å². The van der Waals surface area contributed by atoms with Crippen molar-refractivity contribution >= 4 is 17.6 Å². The van der Waals surface area contributed by atoms with Crippen LogP contribution in [0.15, 0.2) is 24.3 Å². The molecular weight excluding hydrogens is 468 g/mol. The predicted octanol–water partition coefficient (Wildman–Crippen LogP) is 3.29. The smallest absolute Gasteiger partial charge is 0.318 e. The van der Waals surface area contributed by atoms with Gasteiger partial charge in [-0.05, 0) is 87.0 Å². The van der Waals surface area contributed by atoms with Gasteiger partial charge in [0.05, 0.1) is 13.2 Å². The van der Waals surface area contributed by atoms with E-state index in [1.54, 1.807) is 0 Å². The molecule has 3 saturated heterocycles. The first-order valence-electron chi connectivity index (χ1n) is 14.5. The van der Waals surface area contributed by atoms with Crippen LogP contribution in [0.4, 0.5) is 10.5 Å². The average molecular weight is 509 g/mol. The molecule has 3 N–H and O–H groups in total. The van der Waals surface area contributed by atoms with E-state index in [4.69, 9.17) is 15.2 Å². The van der Waals surface area contributed by atoms with Crippen LogP contribution in [0.2, 0.25) is 0 Å². The molecule has 3 heterocycles. The van der Waals surface area contributed by atoms with Gasteiger partial charge < -0.3 is 30.3 Å². The van der Waals surface area contributed by atoms with Crippen molar-refractivity contribution in [2.45, 2.75) is 82.0 Å². The minimum Gasteiger partial charge on any atom is -0.490 e. The number of nitrogens with one attached hydrogen (secondary N) is 1. The summed E-state index contributed by atoms with van der Waals surface area (Å²) in [6, 6.07) is 9.22. The number of morpholine rings is 1. The molecule has 0 radical (unpaired) electrons. The Balaban J connectivity index is 0.964. The third-order valence-electron chi connectivity index (χ3n) is 10.5. The number of piperidine rings is 1. The summed E-state index contributed by atoms with van der Waals surface area (Å²) < 4.78 is 11.9. The number of nitrogens with two attached hydrogens (primary N) is 1. The lowest BCUT2D eigenvalue weighted by Gasteiger charge is -2.59. The predicted molar refractivity (Wildman–Crippen MR) is 139 cm³/mol. The average Bonchev–Trinajstić information content (AvgIpc) is 3.17. The number of carbonyl (C=O) groups excluding carboxylic acids is 2. The first-order chi connectivity index (χ1) is 18.0. The molecule has 7 atom stereocenters. The Kier molecular flexibility index (Phi) is 5.79. The maximum atomic E-state index is 13.6. The zero-order valence-electron chi connectivity index (χ0n) is 21.6. The molecule has 37 heavy (non-hydrogen) atoms. The number of carbonyl (C=O) groups is 2. The number of anilines is 1. The first-order valence-corrected chi connectivity index (χ1v) is 14.5. The van der Waals surface area contributed by atoms with E-state index in [1.807, 2.05) is 0 Å². The fraction of sp³-hybridized carbons (Fsp3) is 0.724. The number of hydrogen-bond donors (Lipinski definition) is 2. The van der Waals surface area contributed by atoms with Gasteiger partial charge in [-0.15, -0.1) is 0 Å². The molecule has 7 fully saturated rings. The minimum atomic E-state index is -0.313. The van der Waals surface area contributed by atoms with Gasteiger partial charge in [0.25, 0.3) is 0 Å². The van der Waals surface area contributed by atoms with E-state index >= 15 is 0 Å². The van der Waals surface area contributed by atoms with Gasteiger partial charge in [-0.2, -0.15) is 0 Å². The van der Waals surface area contributed by atoms with Gasteiger partial charge in [0.15, 0.2) is 0 Å². The van der Waals surface area contributed by atoms with Crippen LogP contribution in [0.25, 0.3) is 0 Å². The van der Waals surface area contributed by atoms with E-state index < -0.39 is 0 Å². The summed E-state index contributed by atoms with van der Waals surface area (Å²) in [7, 11) is 0. The quantitative estimate of drug-likeness (QED) is 0.636. The summed E-state index contributed by atoms with van der Waals surface area (Å²) in [5, 5.41) is 3.47. The summed E-state index contributed by atoms with van der Waals surface area (Å²) in [5.41, 5.74) is 6.76. The Hall–Kier alpha value is -2.48. The highest BCUT2D eigenvalue weighted by Crippen LogP contribution is 2.60. The molecule has 1 aromatic carbocycles. The summed E-state index contributed by atoms with van der Waals surface area (Å²) in [4.78, 5) is 30.4. The molecule has 4 saturated carbocycles. The number of primary amides is 1. The molecule has 0 aromatic heterocycles. The summed E-state index contributed by atoms with van der Waals surface area (Å²) in [6.45, 7) is 3.42. The summed E-state index contributed by atoms with van der Waals surface area (Å²) in [5.74, 6) is 2.18. The second-order valence-corrected chi connectivity index (χ2v) is 12.7. The molecule has 1 aromatic rings. The van der Waals surface area contributed by atoms with Crippen LogP contribution >= 0.6 is 0 Å². The van der Waals surface area contributed by atoms with E-state index in [0.29, 0.717) is 17.8 Å². The van der Waals surface area contributed by atoms with Crippen molar-refractivity contribution in [3.05, 3.63) is 24.3 Å². The highest BCUT2D eigenvalue weighted by atomic mass is 16.5. The molecule has 0 spiro atoms. The van der Waals surface area contributed by atoms with E-state index in [2.05, 4.69) is 39.4 Å². The number of urea groups is 1. The lowest BCUT2D eigenvalue weighted by molar-refractivity contribution is -0.145. The molecule has 4 aliphatic carbocycles. The van der Waals surface area contributed by atoms with Crippen LogP contribution in [0, 0.1) is 23.2 Å². The summed E-state index contributed by atoms with van der Waals surface area (Å²) >= 11 is 0. The van der Waals surface area contributed by atoms with Crippen LogP contribution in [-0.4, -0.2) is 67.4 Å². The Bertz CT molecular complexity index is 1010. The van der Waals surface area contributed by atoms with Gasteiger partial charge in [-0.25, -0.2) is 4.79 Å². The molecule has 5 unspecified atom stereocenters. The maximum absolute atomic E-state index is 13.6. The van der Waals surface area contributed by atoms with Gasteiger partial charge in [0.1, 0.15) is 11.9 Å². The number of ether oxygens (including phenoxy) is 2. The Morgan fingerprint density at radius 1 is 0.946 bits per heavy atom. The standard InChI is InChI=1S/C29H40N4O4/c30-27(34)29-15-18-11-19(16-29)26(20(12-18)17-29)31-28(35)33-22-1-2-23(33)14-25(13-22)37-24-5-3-21(4-6-24)32-7-9-36-10-8-32/h3-6,18-20,22-23,25-26H,1-2,7-17H2,(H2,30,34)(H,31,35)/t18?,19-,20+,22?,23?,25?,26?,29?. The second kappa shape index (κ2) is 9.07. The van der Waals surface area contributed by atoms with Crippen molar-refractivity contribution in [3.63, 3.8) is 0 Å². The Morgan fingerprint density at radius 3 is 2.22 bits per heavy atom. The number of nitrogens with zero attached hydrogens (tertiary/aromatic N) is 2. The van der Waals surface area contributed by atoms with Gasteiger partial charge in [0.2, 0.25) is 5.91 Å². The van der Waals surface area contributed by atoms with E-state index in [1.165, 1.54) is 5.69 Å². The third-order valence-corrected chi connectivity index (χ3v) is 10.5. The molecule has 6 bridgehead atoms. The van der Waals surface area contributed by atoms with Crippen LogP contribution in [0.5, 0.6) is 5.75 Å². The van der Waals surface area contributed by atoms with Crippen LogP contribution in [0.1, 0.15) is 57.8 Å². The number of benzene rings is 1. The third kappa shape index (κ3) is 4.16. The van der Waals surface area contributed by atoms with Crippen molar-refractivity contribution in [2.75, 3.05) is 31.2 Å². The number of rotatable bonds is 5. The van der Waals surface area contributed by atoms with Gasteiger partial charge >= 0.3 is 6.03 Å². The molecule has 3 aliphatic heterocycles. The molecular formula is C29H40N4O4. The van der Waals surface area contributed by atoms with Crippen molar-refractivity contribution in [1.82, 2.24) is 10.2 Å². The van der Waals surface area contributed by atoms with Gasteiger partial charge in [-0.3, -0.25) is 4.79 Å². The fourth-order valence-corrected chi connectivity index (χ4v) is 9.08. The SMILES string of the molecule is NC(=O)C12CC3C[C@H](C1)C(NC(=O)N1C4CCC1CC(Oc1ccc(N5CCOCC5)cc1)C4)[C@@H](C3)C2. The fourth-order valence-electron chi connectivity index (χ4n) is 9.08. The normalized spacial score (nSPS) is 40.1. The largest absolute Gasteiger partial charge is 0.490 e. The topological polar surface area (TPSA) is 97.1 Å². The van der Waals surface area contributed by atoms with Crippen LogP contribution in [0.3, 0.4) is 0 Å². The Labute approximate surface area is 219 Å². The van der Waals surface area contributed by atoms with Crippen LogP contribution < -0.4 is 20.7 Å². The molecule has 3 amide bonds. The van der Waals surface area contributed by atoms with Gasteiger partial charge in [-0.1, -0.05) is 0 Å². The number of amides is 3. The lowest BCUT2D eigenvalue weighted by Crippen LogP contribution is -2.64. The van der Waals surface area contributed by atoms with E-state index in [9.17, 15) is 9.59 Å². The van der Waals surface area contributed by atoms with Crippen molar-refractivity contribution in [3.8, 4) is 5.75 Å². The molecule has 8 nitrogen and oxygen atoms in total. The maximum Gasteiger partial charge on any atom is 0.318 e. The highest BCUT2D eigenvalue weighted by molar-refractivity contribution is 5.81. The summed E-state index contributed by atoms with van der Waals surface area (Å²) in [6.07, 6.45) is 8.96. The highest BCUT2D eigenvalue weighted by Gasteiger charge is 2.58. The van der Waals surface area contributed by atoms with Crippen molar-refractivity contribution < 1.29 is 19.1 Å². The van der Waals surface area contributed by atoms with Crippen molar-refractivity contribution in [1.29, 1.82) is 0 Å².